The largest absolute Gasteiger partial charge is 0.417 e. The van der Waals surface area contributed by atoms with Crippen LogP contribution in [-0.2, 0) is 6.18 Å². The maximum Gasteiger partial charge on any atom is 0.417 e. The molecule has 1 N–H and O–H groups in total. The standard InChI is InChI=1S/C13H14F3N3S/c1-19-7-10(12-17-5-6-18-12)20-11-8(13(14,15)16)3-2-4-9(11)19/h2-4,10H,5-7H2,1H3,(H,17,18). The van der Waals surface area contributed by atoms with Crippen LogP contribution in [0, 0.1) is 0 Å². The zero-order valence-corrected chi connectivity index (χ0v) is 11.7. The molecule has 1 atom stereocenters. The van der Waals surface area contributed by atoms with Gasteiger partial charge in [-0.3, -0.25) is 4.99 Å². The molecule has 1 aromatic rings. The molecule has 0 spiro atoms. The number of anilines is 1. The number of aliphatic imine (C=N–C) groups is 1. The predicted molar refractivity (Wildman–Crippen MR) is 74.7 cm³/mol. The van der Waals surface area contributed by atoms with Crippen LogP contribution < -0.4 is 10.2 Å². The van der Waals surface area contributed by atoms with Gasteiger partial charge in [-0.2, -0.15) is 13.2 Å². The number of rotatable bonds is 1. The molecule has 0 aromatic heterocycles. The molecule has 0 radical (unpaired) electrons. The first-order valence-electron chi connectivity index (χ1n) is 6.33. The van der Waals surface area contributed by atoms with Gasteiger partial charge in [0.1, 0.15) is 5.84 Å². The Morgan fingerprint density at radius 3 is 2.85 bits per heavy atom. The van der Waals surface area contributed by atoms with Crippen LogP contribution >= 0.6 is 11.8 Å². The number of hydrogen-bond donors (Lipinski definition) is 1. The maximum absolute atomic E-state index is 13.1. The van der Waals surface area contributed by atoms with Crippen molar-refractivity contribution < 1.29 is 13.2 Å². The van der Waals surface area contributed by atoms with E-state index < -0.39 is 11.7 Å². The lowest BCUT2D eigenvalue weighted by atomic mass is 10.1. The minimum absolute atomic E-state index is 0.0708. The zero-order chi connectivity index (χ0) is 14.3. The normalized spacial score (nSPS) is 22.3. The Labute approximate surface area is 119 Å². The van der Waals surface area contributed by atoms with Gasteiger partial charge in [-0.05, 0) is 12.1 Å². The molecule has 2 aliphatic rings. The Balaban J connectivity index is 2.00. The molecule has 20 heavy (non-hydrogen) atoms. The molecule has 2 aliphatic heterocycles. The summed E-state index contributed by atoms with van der Waals surface area (Å²) in [5.74, 6) is 0.810. The van der Waals surface area contributed by atoms with Gasteiger partial charge in [-0.25, -0.2) is 0 Å². The van der Waals surface area contributed by atoms with E-state index in [1.165, 1.54) is 17.8 Å². The SMILES string of the molecule is CN1CC(C2=NCCN2)Sc2c1cccc2C(F)(F)F. The van der Waals surface area contributed by atoms with Gasteiger partial charge in [0, 0.05) is 25.0 Å². The van der Waals surface area contributed by atoms with Crippen LogP contribution in [0.2, 0.25) is 0 Å². The number of nitrogens with one attached hydrogen (secondary N) is 1. The van der Waals surface area contributed by atoms with Crippen molar-refractivity contribution in [2.75, 3.05) is 31.6 Å². The van der Waals surface area contributed by atoms with Gasteiger partial charge in [0.05, 0.1) is 23.0 Å². The quantitative estimate of drug-likeness (QED) is 0.864. The molecule has 7 heteroatoms. The van der Waals surface area contributed by atoms with Gasteiger partial charge in [-0.15, -0.1) is 11.8 Å². The lowest BCUT2D eigenvalue weighted by Gasteiger charge is -2.34. The summed E-state index contributed by atoms with van der Waals surface area (Å²) < 4.78 is 39.4. The van der Waals surface area contributed by atoms with Crippen LogP contribution in [0.4, 0.5) is 18.9 Å². The Morgan fingerprint density at radius 1 is 1.40 bits per heavy atom. The second kappa shape index (κ2) is 4.87. The minimum atomic E-state index is -4.33. The van der Waals surface area contributed by atoms with Crippen LogP contribution in [0.1, 0.15) is 5.56 Å². The molecular weight excluding hydrogens is 287 g/mol. The van der Waals surface area contributed by atoms with Crippen molar-refractivity contribution in [2.24, 2.45) is 4.99 Å². The number of alkyl halides is 3. The molecule has 1 unspecified atom stereocenters. The average molecular weight is 301 g/mol. The van der Waals surface area contributed by atoms with Crippen molar-refractivity contribution in [1.29, 1.82) is 0 Å². The highest BCUT2D eigenvalue weighted by Gasteiger charge is 2.38. The number of halogens is 3. The molecule has 0 aliphatic carbocycles. The van der Waals surface area contributed by atoms with E-state index in [1.807, 2.05) is 11.9 Å². The first-order chi connectivity index (χ1) is 9.47. The summed E-state index contributed by atoms with van der Waals surface area (Å²) in [4.78, 5) is 6.51. The van der Waals surface area contributed by atoms with Gasteiger partial charge >= 0.3 is 6.18 Å². The molecule has 1 aromatic carbocycles. The number of hydrogen-bond acceptors (Lipinski definition) is 4. The Kier molecular flexibility index (Phi) is 3.32. The van der Waals surface area contributed by atoms with E-state index in [2.05, 4.69) is 10.3 Å². The third-order valence-electron chi connectivity index (χ3n) is 3.42. The Morgan fingerprint density at radius 2 is 2.20 bits per heavy atom. The van der Waals surface area contributed by atoms with Gasteiger partial charge < -0.3 is 10.2 Å². The summed E-state index contributed by atoms with van der Waals surface area (Å²) >= 11 is 1.26. The second-order valence-corrected chi connectivity index (χ2v) is 6.05. The smallest absolute Gasteiger partial charge is 0.372 e. The zero-order valence-electron chi connectivity index (χ0n) is 10.9. The van der Waals surface area contributed by atoms with Crippen LogP contribution in [0.25, 0.3) is 0 Å². The minimum Gasteiger partial charge on any atom is -0.372 e. The third-order valence-corrected chi connectivity index (χ3v) is 4.74. The lowest BCUT2D eigenvalue weighted by Crippen LogP contribution is -2.40. The van der Waals surface area contributed by atoms with E-state index in [4.69, 9.17) is 0 Å². The molecule has 2 heterocycles. The fourth-order valence-electron chi connectivity index (χ4n) is 2.47. The summed E-state index contributed by atoms with van der Waals surface area (Å²) in [5.41, 5.74) is 0.0785. The van der Waals surface area contributed by atoms with Crippen molar-refractivity contribution in [3.05, 3.63) is 23.8 Å². The third kappa shape index (κ3) is 2.34. The number of fused-ring (bicyclic) bond motifs is 1. The molecule has 0 amide bonds. The molecule has 0 saturated carbocycles. The Hall–Kier alpha value is -1.37. The number of nitrogens with zero attached hydrogens (tertiary/aromatic N) is 2. The van der Waals surface area contributed by atoms with E-state index in [9.17, 15) is 13.2 Å². The van der Waals surface area contributed by atoms with Gasteiger partial charge in [0.25, 0.3) is 0 Å². The van der Waals surface area contributed by atoms with Crippen molar-refractivity contribution in [1.82, 2.24) is 5.32 Å². The van der Waals surface area contributed by atoms with Crippen molar-refractivity contribution in [3.8, 4) is 0 Å². The summed E-state index contributed by atoms with van der Waals surface area (Å²) in [6, 6.07) is 4.34. The average Bonchev–Trinajstić information content (AvgIpc) is 2.90. The van der Waals surface area contributed by atoms with E-state index >= 15 is 0 Å². The van der Waals surface area contributed by atoms with Crippen LogP contribution in [0.3, 0.4) is 0 Å². The van der Waals surface area contributed by atoms with Gasteiger partial charge in [0.15, 0.2) is 0 Å². The topological polar surface area (TPSA) is 27.6 Å². The fraction of sp³-hybridized carbons (Fsp3) is 0.462. The highest BCUT2D eigenvalue weighted by atomic mass is 32.2. The van der Waals surface area contributed by atoms with Crippen LogP contribution in [0.15, 0.2) is 28.1 Å². The first kappa shape index (κ1) is 13.6. The summed E-state index contributed by atoms with van der Waals surface area (Å²) in [6.07, 6.45) is -4.33. The van der Waals surface area contributed by atoms with Crippen LogP contribution in [0.5, 0.6) is 0 Å². The van der Waals surface area contributed by atoms with E-state index in [0.717, 1.165) is 18.4 Å². The van der Waals surface area contributed by atoms with E-state index in [1.54, 1.807) is 6.07 Å². The summed E-state index contributed by atoms with van der Waals surface area (Å²) in [6.45, 7) is 2.12. The highest BCUT2D eigenvalue weighted by Crippen LogP contribution is 2.46. The van der Waals surface area contributed by atoms with Crippen molar-refractivity contribution in [3.63, 3.8) is 0 Å². The Bertz CT molecular complexity index is 556. The number of amidine groups is 1. The van der Waals surface area contributed by atoms with Crippen molar-refractivity contribution in [2.45, 2.75) is 16.3 Å². The number of thioether (sulfide) groups is 1. The molecular formula is C13H14F3N3S. The summed E-state index contributed by atoms with van der Waals surface area (Å²) in [7, 11) is 1.82. The monoisotopic (exact) mass is 301 g/mol. The molecule has 0 fully saturated rings. The second-order valence-electron chi connectivity index (χ2n) is 4.83. The highest BCUT2D eigenvalue weighted by molar-refractivity contribution is 8.01. The van der Waals surface area contributed by atoms with Gasteiger partial charge in [0.2, 0.25) is 0 Å². The maximum atomic E-state index is 13.1. The molecule has 0 bridgehead atoms. The van der Waals surface area contributed by atoms with Crippen molar-refractivity contribution >= 4 is 23.3 Å². The molecule has 0 saturated heterocycles. The van der Waals surface area contributed by atoms with Gasteiger partial charge in [-0.1, -0.05) is 6.07 Å². The van der Waals surface area contributed by atoms with E-state index in [-0.39, 0.29) is 5.25 Å². The first-order valence-corrected chi connectivity index (χ1v) is 7.21. The summed E-state index contributed by atoms with van der Waals surface area (Å²) in [5, 5.41) is 3.09. The molecule has 3 nitrogen and oxygen atoms in total. The van der Waals surface area contributed by atoms with E-state index in [0.29, 0.717) is 23.7 Å². The predicted octanol–water partition coefficient (Wildman–Crippen LogP) is 2.62. The molecule has 3 rings (SSSR count). The lowest BCUT2D eigenvalue weighted by molar-refractivity contribution is -0.139. The molecule has 108 valence electrons. The number of benzene rings is 1. The fourth-order valence-corrected chi connectivity index (χ4v) is 3.98. The van der Waals surface area contributed by atoms with Crippen LogP contribution in [-0.4, -0.2) is 37.8 Å².